The highest BCUT2D eigenvalue weighted by Crippen LogP contribution is 2.32. The molecule has 0 radical (unpaired) electrons. The zero-order valence-corrected chi connectivity index (χ0v) is 24.0. The Bertz CT molecular complexity index is 1790. The molecular formula is C33H33N7O4. The molecule has 2 aromatic carbocycles. The number of carbonyl (C=O) groups excluding carboxylic acids is 1. The summed E-state index contributed by atoms with van der Waals surface area (Å²) in [6, 6.07) is 25.3. The first-order chi connectivity index (χ1) is 21.2. The van der Waals surface area contributed by atoms with Crippen molar-refractivity contribution in [3.8, 4) is 28.3 Å². The molecule has 11 nitrogen and oxygen atoms in total. The number of pyridine rings is 2. The molecule has 11 heteroatoms. The third-order valence-corrected chi connectivity index (χ3v) is 7.91. The lowest BCUT2D eigenvalue weighted by Crippen LogP contribution is -2.58. The van der Waals surface area contributed by atoms with Crippen LogP contribution in [0.15, 0.2) is 97.7 Å². The van der Waals surface area contributed by atoms with Gasteiger partial charge in [-0.15, -0.1) is 0 Å². The Labute approximate surface area is 254 Å². The van der Waals surface area contributed by atoms with Crippen molar-refractivity contribution < 1.29 is 20.1 Å². The average Bonchev–Trinajstić information content (AvgIpc) is 3.41. The molecule has 3 aromatic heterocycles. The van der Waals surface area contributed by atoms with Gasteiger partial charge in [0.2, 0.25) is 0 Å². The third kappa shape index (κ3) is 5.81. The zero-order chi connectivity index (χ0) is 30.8. The number of benzene rings is 2. The second kappa shape index (κ2) is 12.0. The summed E-state index contributed by atoms with van der Waals surface area (Å²) in [6.07, 6.45) is 0.307. The van der Waals surface area contributed by atoms with E-state index in [1.807, 2.05) is 71.3 Å². The standard InChI is InChI=1S/C33H33N7O4/c1-2-29(41)40(33(42,43)44)25-16-19-38(20-17-25)21-22-10-12-24(13-11-22)39-31(26-9-6-18-35-30(26)34)37-28-15-14-27(36-32(28)39)23-7-4-3-5-8-23/h2-15,18,25,42-44H,1,16-17,19-21H2,(H2,34,35). The number of hydrogen-bond acceptors (Lipinski definition) is 9. The van der Waals surface area contributed by atoms with E-state index < -0.39 is 18.0 Å². The van der Waals surface area contributed by atoms with Crippen LogP contribution in [0.4, 0.5) is 5.82 Å². The second-order valence-corrected chi connectivity index (χ2v) is 10.8. The van der Waals surface area contributed by atoms with E-state index in [0.717, 1.165) is 34.1 Å². The molecule has 0 bridgehead atoms. The first-order valence-electron chi connectivity index (χ1n) is 14.3. The molecule has 5 aromatic rings. The predicted octanol–water partition coefficient (Wildman–Crippen LogP) is 3.30. The van der Waals surface area contributed by atoms with Crippen molar-refractivity contribution >= 4 is 22.9 Å². The lowest BCUT2D eigenvalue weighted by Gasteiger charge is -2.41. The van der Waals surface area contributed by atoms with Gasteiger partial charge in [-0.2, -0.15) is 0 Å². The van der Waals surface area contributed by atoms with Gasteiger partial charge in [0.15, 0.2) is 11.5 Å². The Morgan fingerprint density at radius 1 is 0.977 bits per heavy atom. The summed E-state index contributed by atoms with van der Waals surface area (Å²) in [4.78, 5) is 29.3. The van der Waals surface area contributed by atoms with Crippen molar-refractivity contribution in [1.29, 1.82) is 0 Å². The average molecular weight is 592 g/mol. The minimum absolute atomic E-state index is 0.376. The van der Waals surface area contributed by atoms with Crippen molar-refractivity contribution in [2.45, 2.75) is 31.5 Å². The normalized spacial score (nSPS) is 14.5. The van der Waals surface area contributed by atoms with Gasteiger partial charge < -0.3 is 21.1 Å². The highest BCUT2D eigenvalue weighted by molar-refractivity contribution is 5.87. The van der Waals surface area contributed by atoms with Crippen molar-refractivity contribution in [1.82, 2.24) is 29.3 Å². The number of imidazole rings is 1. The summed E-state index contributed by atoms with van der Waals surface area (Å²) >= 11 is 0. The fourth-order valence-electron chi connectivity index (χ4n) is 5.77. The molecule has 1 amide bonds. The van der Waals surface area contributed by atoms with E-state index in [2.05, 4.69) is 28.6 Å². The third-order valence-electron chi connectivity index (χ3n) is 7.91. The summed E-state index contributed by atoms with van der Waals surface area (Å²) in [5.74, 6) is 0.280. The maximum atomic E-state index is 12.2. The lowest BCUT2D eigenvalue weighted by molar-refractivity contribution is -0.389. The van der Waals surface area contributed by atoms with Gasteiger partial charge in [0.25, 0.3) is 5.91 Å². The van der Waals surface area contributed by atoms with Crippen molar-refractivity contribution in [2.24, 2.45) is 0 Å². The molecule has 44 heavy (non-hydrogen) atoms. The van der Waals surface area contributed by atoms with E-state index in [1.165, 1.54) is 0 Å². The van der Waals surface area contributed by atoms with Gasteiger partial charge in [0, 0.05) is 43.1 Å². The molecule has 0 saturated carbocycles. The van der Waals surface area contributed by atoms with Crippen molar-refractivity contribution in [3.63, 3.8) is 0 Å². The quantitative estimate of drug-likeness (QED) is 0.157. The number of rotatable bonds is 8. The van der Waals surface area contributed by atoms with Gasteiger partial charge in [-0.1, -0.05) is 49.0 Å². The van der Waals surface area contributed by atoms with E-state index in [1.54, 1.807) is 6.20 Å². The first kappa shape index (κ1) is 29.1. The van der Waals surface area contributed by atoms with Gasteiger partial charge >= 0.3 is 6.10 Å². The number of amides is 1. The van der Waals surface area contributed by atoms with Crippen LogP contribution >= 0.6 is 0 Å². The largest absolute Gasteiger partial charge is 0.383 e. The van der Waals surface area contributed by atoms with Crippen LogP contribution in [0.2, 0.25) is 0 Å². The molecule has 224 valence electrons. The number of nitrogens with two attached hydrogens (primary N) is 1. The molecule has 0 atom stereocenters. The molecule has 1 saturated heterocycles. The summed E-state index contributed by atoms with van der Waals surface area (Å²) in [5, 5.41) is 29.2. The molecule has 1 fully saturated rings. The van der Waals surface area contributed by atoms with E-state index in [-0.39, 0.29) is 0 Å². The first-order valence-corrected chi connectivity index (χ1v) is 14.3. The number of aromatic nitrogens is 4. The molecule has 0 unspecified atom stereocenters. The number of hydrogen-bond donors (Lipinski definition) is 4. The number of carbonyl (C=O) groups is 1. The van der Waals surface area contributed by atoms with E-state index in [0.29, 0.717) is 60.2 Å². The molecule has 6 rings (SSSR count). The van der Waals surface area contributed by atoms with Crippen LogP contribution in [0.25, 0.3) is 39.5 Å². The Kier molecular flexibility index (Phi) is 7.93. The van der Waals surface area contributed by atoms with Crippen LogP contribution in [0.1, 0.15) is 18.4 Å². The molecular weight excluding hydrogens is 558 g/mol. The highest BCUT2D eigenvalue weighted by atomic mass is 16.7. The van der Waals surface area contributed by atoms with Crippen LogP contribution in [0.5, 0.6) is 0 Å². The zero-order valence-electron chi connectivity index (χ0n) is 24.0. The Morgan fingerprint density at radius 2 is 1.70 bits per heavy atom. The van der Waals surface area contributed by atoms with E-state index in [9.17, 15) is 20.1 Å². The molecule has 1 aliphatic heterocycles. The number of piperidine rings is 1. The number of anilines is 1. The topological polar surface area (TPSA) is 154 Å². The fourth-order valence-corrected chi connectivity index (χ4v) is 5.77. The Morgan fingerprint density at radius 3 is 2.36 bits per heavy atom. The maximum absolute atomic E-state index is 12.2. The Balaban J connectivity index is 1.27. The SMILES string of the molecule is C=CC(=O)N(C1CCN(Cc2ccc(-n3c(-c4cccnc4N)nc4ccc(-c5ccccc5)nc43)cc2)CC1)C(O)(O)O. The smallest absolute Gasteiger partial charge is 0.372 e. The van der Waals surface area contributed by atoms with Crippen molar-refractivity contribution in [3.05, 3.63) is 103 Å². The molecule has 1 aliphatic rings. The number of likely N-dealkylation sites (tertiary alicyclic amines) is 1. The predicted molar refractivity (Wildman–Crippen MR) is 167 cm³/mol. The van der Waals surface area contributed by atoms with Gasteiger partial charge in [-0.3, -0.25) is 19.2 Å². The molecule has 0 spiro atoms. The maximum Gasteiger partial charge on any atom is 0.372 e. The van der Waals surface area contributed by atoms with Gasteiger partial charge in [-0.05, 0) is 60.9 Å². The lowest BCUT2D eigenvalue weighted by atomic mass is 10.0. The Hall–Kier alpha value is -4.94. The van der Waals surface area contributed by atoms with Crippen LogP contribution in [0, 0.1) is 0 Å². The van der Waals surface area contributed by atoms with Crippen LogP contribution in [0.3, 0.4) is 0 Å². The van der Waals surface area contributed by atoms with Gasteiger partial charge in [-0.25, -0.2) is 15.0 Å². The summed E-state index contributed by atoms with van der Waals surface area (Å²) in [6.45, 7) is 5.26. The minimum Gasteiger partial charge on any atom is -0.383 e. The summed E-state index contributed by atoms with van der Waals surface area (Å²) in [5.41, 5.74) is 12.2. The molecule has 0 aliphatic carbocycles. The molecule has 4 heterocycles. The second-order valence-electron chi connectivity index (χ2n) is 10.8. The minimum atomic E-state index is -3.23. The molecule has 5 N–H and O–H groups in total. The van der Waals surface area contributed by atoms with Crippen LogP contribution in [-0.2, 0) is 11.3 Å². The number of nitrogens with zero attached hydrogens (tertiary/aromatic N) is 6. The van der Waals surface area contributed by atoms with Crippen molar-refractivity contribution in [2.75, 3.05) is 18.8 Å². The number of fused-ring (bicyclic) bond motifs is 1. The van der Waals surface area contributed by atoms with Gasteiger partial charge in [0.05, 0.1) is 11.3 Å². The van der Waals surface area contributed by atoms with E-state index >= 15 is 0 Å². The van der Waals surface area contributed by atoms with Crippen LogP contribution < -0.4 is 5.73 Å². The highest BCUT2D eigenvalue weighted by Gasteiger charge is 2.39. The van der Waals surface area contributed by atoms with Crippen LogP contribution in [-0.4, -0.2) is 75.8 Å². The number of nitrogen functional groups attached to an aromatic ring is 1. The van der Waals surface area contributed by atoms with Gasteiger partial charge in [0.1, 0.15) is 11.3 Å². The monoisotopic (exact) mass is 591 g/mol. The fraction of sp³-hybridized carbons (Fsp3) is 0.212. The summed E-state index contributed by atoms with van der Waals surface area (Å²) in [7, 11) is 0. The summed E-state index contributed by atoms with van der Waals surface area (Å²) < 4.78 is 2.00. The van der Waals surface area contributed by atoms with E-state index in [4.69, 9.17) is 15.7 Å². The number of aliphatic hydroxyl groups is 3.